The Balaban J connectivity index is 1.92. The predicted octanol–water partition coefficient (Wildman–Crippen LogP) is 0.841. The van der Waals surface area contributed by atoms with Crippen molar-refractivity contribution >= 4 is 0 Å². The fourth-order valence-corrected chi connectivity index (χ4v) is 1.70. The van der Waals surface area contributed by atoms with Crippen LogP contribution in [-0.4, -0.2) is 31.9 Å². The zero-order chi connectivity index (χ0) is 11.9. The molecule has 0 unspecified atom stereocenters. The fourth-order valence-electron chi connectivity index (χ4n) is 1.70. The van der Waals surface area contributed by atoms with Gasteiger partial charge in [0, 0.05) is 19.6 Å². The first kappa shape index (κ1) is 11.7. The second kappa shape index (κ2) is 6.10. The largest absolute Gasteiger partial charge is 0.396 e. The van der Waals surface area contributed by atoms with Crippen LogP contribution in [0.25, 0.3) is 0 Å². The SMILES string of the molecule is OCCCn1nnnc1CCc1ccccc1. The Morgan fingerprint density at radius 2 is 1.94 bits per heavy atom. The van der Waals surface area contributed by atoms with Crippen LogP contribution in [0.5, 0.6) is 0 Å². The average Bonchev–Trinajstić information content (AvgIpc) is 2.82. The molecule has 0 atom stereocenters. The number of hydrogen-bond donors (Lipinski definition) is 1. The van der Waals surface area contributed by atoms with Crippen LogP contribution in [-0.2, 0) is 19.4 Å². The van der Waals surface area contributed by atoms with E-state index in [2.05, 4.69) is 27.7 Å². The first-order valence-electron chi connectivity index (χ1n) is 5.80. The highest BCUT2D eigenvalue weighted by atomic mass is 16.3. The van der Waals surface area contributed by atoms with E-state index in [1.165, 1.54) is 5.56 Å². The smallest absolute Gasteiger partial charge is 0.151 e. The van der Waals surface area contributed by atoms with Crippen molar-refractivity contribution in [3.63, 3.8) is 0 Å². The lowest BCUT2D eigenvalue weighted by Crippen LogP contribution is -2.08. The zero-order valence-corrected chi connectivity index (χ0v) is 9.66. The standard InChI is InChI=1S/C12H16N4O/c17-10-4-9-16-12(13-14-15-16)8-7-11-5-2-1-3-6-11/h1-3,5-6,17H,4,7-10H2. The summed E-state index contributed by atoms with van der Waals surface area (Å²) < 4.78 is 1.76. The summed E-state index contributed by atoms with van der Waals surface area (Å²) in [4.78, 5) is 0. The molecule has 0 amide bonds. The Labute approximate surface area is 100 Å². The molecule has 0 aliphatic carbocycles. The van der Waals surface area contributed by atoms with Crippen molar-refractivity contribution in [1.29, 1.82) is 0 Å². The number of aromatic nitrogens is 4. The van der Waals surface area contributed by atoms with E-state index in [0.29, 0.717) is 13.0 Å². The van der Waals surface area contributed by atoms with Crippen molar-refractivity contribution in [2.45, 2.75) is 25.8 Å². The Bertz CT molecular complexity index is 441. The van der Waals surface area contributed by atoms with Gasteiger partial charge in [-0.1, -0.05) is 30.3 Å². The lowest BCUT2D eigenvalue weighted by molar-refractivity contribution is 0.275. The minimum Gasteiger partial charge on any atom is -0.396 e. The summed E-state index contributed by atoms with van der Waals surface area (Å²) in [5.74, 6) is 0.877. The lowest BCUT2D eigenvalue weighted by Gasteiger charge is -2.03. The molecule has 2 aromatic rings. The Morgan fingerprint density at radius 3 is 2.71 bits per heavy atom. The van der Waals surface area contributed by atoms with Crippen LogP contribution in [0.1, 0.15) is 17.8 Å². The van der Waals surface area contributed by atoms with E-state index in [4.69, 9.17) is 5.11 Å². The molecule has 1 heterocycles. The van der Waals surface area contributed by atoms with E-state index in [9.17, 15) is 0 Å². The molecule has 0 aliphatic heterocycles. The molecular weight excluding hydrogens is 216 g/mol. The van der Waals surface area contributed by atoms with Crippen LogP contribution in [0.2, 0.25) is 0 Å². The third kappa shape index (κ3) is 3.35. The number of rotatable bonds is 6. The van der Waals surface area contributed by atoms with Crippen LogP contribution < -0.4 is 0 Å². The zero-order valence-electron chi connectivity index (χ0n) is 9.66. The normalized spacial score (nSPS) is 10.6. The second-order valence-corrected chi connectivity index (χ2v) is 3.88. The summed E-state index contributed by atoms with van der Waals surface area (Å²) in [6.07, 6.45) is 2.44. The highest BCUT2D eigenvalue weighted by Crippen LogP contribution is 2.04. The molecule has 0 bridgehead atoms. The van der Waals surface area contributed by atoms with Crippen LogP contribution in [0.15, 0.2) is 30.3 Å². The topological polar surface area (TPSA) is 63.8 Å². The van der Waals surface area contributed by atoms with Gasteiger partial charge < -0.3 is 5.11 Å². The number of aliphatic hydroxyl groups excluding tert-OH is 1. The van der Waals surface area contributed by atoms with Crippen molar-refractivity contribution in [3.05, 3.63) is 41.7 Å². The Morgan fingerprint density at radius 1 is 1.12 bits per heavy atom. The first-order valence-corrected chi connectivity index (χ1v) is 5.80. The number of nitrogens with zero attached hydrogens (tertiary/aromatic N) is 4. The summed E-state index contributed by atoms with van der Waals surface area (Å²) in [7, 11) is 0. The molecule has 1 N–H and O–H groups in total. The van der Waals surface area contributed by atoms with Gasteiger partial charge in [-0.15, -0.1) is 5.10 Å². The Hall–Kier alpha value is -1.75. The lowest BCUT2D eigenvalue weighted by atomic mass is 10.1. The minimum absolute atomic E-state index is 0.165. The highest BCUT2D eigenvalue weighted by molar-refractivity contribution is 5.15. The molecule has 90 valence electrons. The molecule has 5 nitrogen and oxygen atoms in total. The summed E-state index contributed by atoms with van der Waals surface area (Å²) in [5.41, 5.74) is 1.28. The van der Waals surface area contributed by atoms with Gasteiger partial charge in [-0.05, 0) is 28.8 Å². The van der Waals surface area contributed by atoms with Crippen molar-refractivity contribution in [2.24, 2.45) is 0 Å². The van der Waals surface area contributed by atoms with Gasteiger partial charge in [0.25, 0.3) is 0 Å². The first-order chi connectivity index (χ1) is 8.40. The number of hydrogen-bond acceptors (Lipinski definition) is 4. The van der Waals surface area contributed by atoms with E-state index < -0.39 is 0 Å². The van der Waals surface area contributed by atoms with E-state index in [1.807, 2.05) is 18.2 Å². The van der Waals surface area contributed by atoms with Gasteiger partial charge in [-0.3, -0.25) is 0 Å². The summed E-state index contributed by atoms with van der Waals surface area (Å²) >= 11 is 0. The minimum atomic E-state index is 0.165. The maximum absolute atomic E-state index is 8.78. The van der Waals surface area contributed by atoms with Gasteiger partial charge >= 0.3 is 0 Å². The molecule has 1 aromatic carbocycles. The second-order valence-electron chi connectivity index (χ2n) is 3.88. The van der Waals surface area contributed by atoms with Gasteiger partial charge in [0.1, 0.15) is 0 Å². The van der Waals surface area contributed by atoms with Crippen LogP contribution in [0.4, 0.5) is 0 Å². The molecule has 0 radical (unpaired) electrons. The van der Waals surface area contributed by atoms with Crippen molar-refractivity contribution in [3.8, 4) is 0 Å². The third-order valence-electron chi connectivity index (χ3n) is 2.61. The molecular formula is C12H16N4O. The van der Waals surface area contributed by atoms with Crippen molar-refractivity contribution < 1.29 is 5.11 Å². The van der Waals surface area contributed by atoms with Crippen LogP contribution in [0.3, 0.4) is 0 Å². The number of tetrazole rings is 1. The van der Waals surface area contributed by atoms with E-state index in [0.717, 1.165) is 18.7 Å². The van der Waals surface area contributed by atoms with Gasteiger partial charge in [-0.2, -0.15) is 0 Å². The number of aryl methyl sites for hydroxylation is 3. The third-order valence-corrected chi connectivity index (χ3v) is 2.61. The molecule has 0 spiro atoms. The maximum Gasteiger partial charge on any atom is 0.151 e. The molecule has 0 aliphatic rings. The van der Waals surface area contributed by atoms with Crippen molar-refractivity contribution in [1.82, 2.24) is 20.2 Å². The molecule has 0 fully saturated rings. The average molecular weight is 232 g/mol. The number of benzene rings is 1. The van der Waals surface area contributed by atoms with Gasteiger partial charge in [0.05, 0.1) is 0 Å². The molecule has 5 heteroatoms. The molecule has 0 saturated heterocycles. The van der Waals surface area contributed by atoms with E-state index in [1.54, 1.807) is 4.68 Å². The van der Waals surface area contributed by atoms with Gasteiger partial charge in [0.2, 0.25) is 0 Å². The van der Waals surface area contributed by atoms with Crippen LogP contribution in [0, 0.1) is 0 Å². The molecule has 2 rings (SSSR count). The summed E-state index contributed by atoms with van der Waals surface area (Å²) in [6, 6.07) is 10.3. The molecule has 1 aromatic heterocycles. The maximum atomic E-state index is 8.78. The van der Waals surface area contributed by atoms with Gasteiger partial charge in [-0.25, -0.2) is 4.68 Å². The highest BCUT2D eigenvalue weighted by Gasteiger charge is 2.05. The molecule has 17 heavy (non-hydrogen) atoms. The molecule has 0 saturated carbocycles. The summed E-state index contributed by atoms with van der Waals surface area (Å²) in [6.45, 7) is 0.839. The Kier molecular flexibility index (Phi) is 4.21. The van der Waals surface area contributed by atoms with Crippen LogP contribution >= 0.6 is 0 Å². The van der Waals surface area contributed by atoms with Crippen molar-refractivity contribution in [2.75, 3.05) is 6.61 Å². The van der Waals surface area contributed by atoms with Gasteiger partial charge in [0.15, 0.2) is 5.82 Å². The predicted molar refractivity (Wildman–Crippen MR) is 63.4 cm³/mol. The van der Waals surface area contributed by atoms with E-state index >= 15 is 0 Å². The van der Waals surface area contributed by atoms with E-state index in [-0.39, 0.29) is 6.61 Å². The fraction of sp³-hybridized carbons (Fsp3) is 0.417. The number of aliphatic hydroxyl groups is 1. The monoisotopic (exact) mass is 232 g/mol. The summed E-state index contributed by atoms with van der Waals surface area (Å²) in [5, 5.41) is 20.4. The quantitative estimate of drug-likeness (QED) is 0.801.